The highest BCUT2D eigenvalue weighted by Crippen LogP contribution is 2.30. The average Bonchev–Trinajstić information content (AvgIpc) is 2.79. The number of nitrogens with zero attached hydrogens (tertiary/aromatic N) is 1. The van der Waals surface area contributed by atoms with Crippen molar-refractivity contribution in [3.63, 3.8) is 0 Å². The Bertz CT molecular complexity index is 976. The number of Topliss-reactive ketones (excluding diaryl/α,β-unsaturated/α-hetero) is 1. The summed E-state index contributed by atoms with van der Waals surface area (Å²) in [6, 6.07) is 17.1. The number of hydrogen-bond acceptors (Lipinski definition) is 2. The molecule has 22 heavy (non-hydrogen) atoms. The van der Waals surface area contributed by atoms with Crippen LogP contribution < -0.4 is 0 Å². The molecule has 0 aromatic heterocycles. The summed E-state index contributed by atoms with van der Waals surface area (Å²) in [5.41, 5.74) is 0.369. The molecular formula is C18H10FNO2. The summed E-state index contributed by atoms with van der Waals surface area (Å²) in [5.74, 6) is -1.24. The first-order chi connectivity index (χ1) is 10.7. The molecule has 0 atom stereocenters. The molecule has 0 saturated heterocycles. The average molecular weight is 291 g/mol. The summed E-state index contributed by atoms with van der Waals surface area (Å²) in [4.78, 5) is 12.4. The zero-order chi connectivity index (χ0) is 15.3. The molecule has 0 bridgehead atoms. The molecule has 1 aliphatic heterocycles. The van der Waals surface area contributed by atoms with Crippen LogP contribution in [0.15, 0.2) is 60.7 Å². The highest BCUT2D eigenvalue weighted by atomic mass is 19.1. The van der Waals surface area contributed by atoms with E-state index in [1.54, 1.807) is 12.1 Å². The van der Waals surface area contributed by atoms with Crippen LogP contribution in [-0.4, -0.2) is 16.2 Å². The van der Waals surface area contributed by atoms with Gasteiger partial charge < -0.3 is 5.21 Å². The standard InChI is InChI=1S/C18H10FNO2/c19-14-6-3-7-15-16(14)18(21)17(20(15)22)13-9-8-11-4-1-2-5-12(11)10-13/h1-10H. The predicted octanol–water partition coefficient (Wildman–Crippen LogP) is 3.81. The van der Waals surface area contributed by atoms with Crippen LogP contribution in [0.1, 0.15) is 15.9 Å². The molecule has 0 fully saturated rings. The number of hydrogen-bond donors (Lipinski definition) is 0. The second kappa shape index (κ2) is 4.49. The van der Waals surface area contributed by atoms with Gasteiger partial charge >= 0.3 is 0 Å². The normalized spacial score (nSPS) is 13.8. The van der Waals surface area contributed by atoms with Crippen molar-refractivity contribution in [1.82, 2.24) is 0 Å². The van der Waals surface area contributed by atoms with Gasteiger partial charge in [-0.15, -0.1) is 0 Å². The van der Waals surface area contributed by atoms with E-state index in [0.29, 0.717) is 10.3 Å². The van der Waals surface area contributed by atoms with Crippen molar-refractivity contribution < 1.29 is 13.9 Å². The van der Waals surface area contributed by atoms with Crippen LogP contribution in [0.3, 0.4) is 0 Å². The van der Waals surface area contributed by atoms with E-state index in [1.807, 2.05) is 30.3 Å². The van der Waals surface area contributed by atoms with Crippen molar-refractivity contribution >= 4 is 28.0 Å². The van der Waals surface area contributed by atoms with E-state index in [4.69, 9.17) is 0 Å². The summed E-state index contributed by atoms with van der Waals surface area (Å²) in [5, 5.41) is 14.3. The first-order valence-electron chi connectivity index (χ1n) is 6.83. The maximum absolute atomic E-state index is 13.9. The third-order valence-electron chi connectivity index (χ3n) is 3.88. The summed E-state index contributed by atoms with van der Waals surface area (Å²) < 4.78 is 14.4. The van der Waals surface area contributed by atoms with Gasteiger partial charge in [-0.05, 0) is 29.0 Å². The van der Waals surface area contributed by atoms with Crippen LogP contribution in [0.5, 0.6) is 0 Å². The molecule has 0 N–H and O–H groups in total. The van der Waals surface area contributed by atoms with E-state index in [-0.39, 0.29) is 17.0 Å². The maximum atomic E-state index is 13.9. The topological polar surface area (TPSA) is 43.1 Å². The van der Waals surface area contributed by atoms with Crippen molar-refractivity contribution in [2.24, 2.45) is 0 Å². The zero-order valence-electron chi connectivity index (χ0n) is 11.4. The fourth-order valence-electron chi connectivity index (χ4n) is 2.82. The Labute approximate surface area is 125 Å². The molecular weight excluding hydrogens is 281 g/mol. The van der Waals surface area contributed by atoms with Crippen molar-refractivity contribution in [2.75, 3.05) is 0 Å². The Kier molecular flexibility index (Phi) is 2.60. The zero-order valence-corrected chi connectivity index (χ0v) is 11.4. The van der Waals surface area contributed by atoms with E-state index in [0.717, 1.165) is 10.8 Å². The lowest BCUT2D eigenvalue weighted by atomic mass is 10.00. The van der Waals surface area contributed by atoms with Crippen LogP contribution in [0.2, 0.25) is 0 Å². The lowest BCUT2D eigenvalue weighted by Gasteiger charge is -2.03. The molecule has 0 unspecified atom stereocenters. The van der Waals surface area contributed by atoms with Crippen molar-refractivity contribution in [3.8, 4) is 0 Å². The molecule has 1 heterocycles. The number of ketones is 1. The van der Waals surface area contributed by atoms with Gasteiger partial charge in [0.2, 0.25) is 5.69 Å². The van der Waals surface area contributed by atoms with Gasteiger partial charge in [-0.25, -0.2) is 4.39 Å². The first kappa shape index (κ1) is 12.7. The minimum absolute atomic E-state index is 0.0362. The van der Waals surface area contributed by atoms with Gasteiger partial charge in [-0.2, -0.15) is 4.74 Å². The minimum Gasteiger partial charge on any atom is -0.618 e. The third-order valence-corrected chi connectivity index (χ3v) is 3.88. The number of fused-ring (bicyclic) bond motifs is 2. The number of carbonyl (C=O) groups is 1. The molecule has 3 nitrogen and oxygen atoms in total. The Hall–Kier alpha value is -3.01. The smallest absolute Gasteiger partial charge is 0.273 e. The number of halogens is 1. The van der Waals surface area contributed by atoms with E-state index in [2.05, 4.69) is 0 Å². The summed E-state index contributed by atoms with van der Waals surface area (Å²) in [6.45, 7) is 0. The molecule has 1 aliphatic rings. The summed E-state index contributed by atoms with van der Waals surface area (Å²) in [7, 11) is 0. The maximum Gasteiger partial charge on any atom is 0.273 e. The van der Waals surface area contributed by atoms with E-state index < -0.39 is 11.6 Å². The minimum atomic E-state index is -0.667. The molecule has 3 aromatic carbocycles. The molecule has 0 spiro atoms. The second-order valence-corrected chi connectivity index (χ2v) is 5.17. The van der Waals surface area contributed by atoms with Gasteiger partial charge in [0.15, 0.2) is 0 Å². The van der Waals surface area contributed by atoms with Crippen molar-refractivity contribution in [1.29, 1.82) is 0 Å². The van der Waals surface area contributed by atoms with Gasteiger partial charge in [0.25, 0.3) is 11.5 Å². The van der Waals surface area contributed by atoms with Crippen LogP contribution in [0.4, 0.5) is 10.1 Å². The SMILES string of the molecule is O=C1C(c2ccc3ccccc3c2)=[N+]([O-])c2cccc(F)c21. The molecule has 0 aliphatic carbocycles. The highest BCUT2D eigenvalue weighted by Gasteiger charge is 2.38. The second-order valence-electron chi connectivity index (χ2n) is 5.17. The molecule has 3 aromatic rings. The summed E-state index contributed by atoms with van der Waals surface area (Å²) in [6.07, 6.45) is 0. The highest BCUT2D eigenvalue weighted by molar-refractivity contribution is 6.52. The molecule has 4 rings (SSSR count). The lowest BCUT2D eigenvalue weighted by Crippen LogP contribution is -2.17. The molecule has 0 saturated carbocycles. The number of rotatable bonds is 1. The third kappa shape index (κ3) is 1.67. The predicted molar refractivity (Wildman–Crippen MR) is 82.1 cm³/mol. The van der Waals surface area contributed by atoms with E-state index in [1.165, 1.54) is 18.2 Å². The largest absolute Gasteiger partial charge is 0.618 e. The van der Waals surface area contributed by atoms with Crippen LogP contribution >= 0.6 is 0 Å². The Morgan fingerprint density at radius 3 is 2.45 bits per heavy atom. The van der Waals surface area contributed by atoms with Gasteiger partial charge in [0, 0.05) is 6.07 Å². The summed E-state index contributed by atoms with van der Waals surface area (Å²) >= 11 is 0. The van der Waals surface area contributed by atoms with E-state index in [9.17, 15) is 14.4 Å². The van der Waals surface area contributed by atoms with Crippen LogP contribution in [-0.2, 0) is 0 Å². The Balaban J connectivity index is 1.94. The monoisotopic (exact) mass is 291 g/mol. The molecule has 4 heteroatoms. The van der Waals surface area contributed by atoms with Crippen LogP contribution in [0.25, 0.3) is 10.8 Å². The fourth-order valence-corrected chi connectivity index (χ4v) is 2.82. The molecule has 0 radical (unpaired) electrons. The first-order valence-corrected chi connectivity index (χ1v) is 6.83. The van der Waals surface area contributed by atoms with Gasteiger partial charge in [-0.3, -0.25) is 4.79 Å². The van der Waals surface area contributed by atoms with Gasteiger partial charge in [-0.1, -0.05) is 36.4 Å². The number of benzene rings is 3. The number of carbonyl (C=O) groups excluding carboxylic acids is 1. The van der Waals surface area contributed by atoms with E-state index >= 15 is 0 Å². The Morgan fingerprint density at radius 2 is 1.68 bits per heavy atom. The van der Waals surface area contributed by atoms with Crippen molar-refractivity contribution in [3.05, 3.63) is 82.8 Å². The molecule has 106 valence electrons. The van der Waals surface area contributed by atoms with Gasteiger partial charge in [0.05, 0.1) is 5.56 Å². The molecule has 0 amide bonds. The Morgan fingerprint density at radius 1 is 0.909 bits per heavy atom. The fraction of sp³-hybridized carbons (Fsp3) is 0. The quantitative estimate of drug-likeness (QED) is 0.505. The van der Waals surface area contributed by atoms with Crippen molar-refractivity contribution in [2.45, 2.75) is 0 Å². The lowest BCUT2D eigenvalue weighted by molar-refractivity contribution is -0.355. The van der Waals surface area contributed by atoms with Gasteiger partial charge in [0.1, 0.15) is 11.4 Å². The van der Waals surface area contributed by atoms with Crippen LogP contribution in [0, 0.1) is 11.0 Å².